The molecule has 26 heavy (non-hydrogen) atoms. The Bertz CT molecular complexity index is 592. The van der Waals surface area contributed by atoms with Gasteiger partial charge in [-0.3, -0.25) is 4.90 Å². The molecule has 2 atom stereocenters. The van der Waals surface area contributed by atoms with E-state index >= 15 is 0 Å². The van der Waals surface area contributed by atoms with Gasteiger partial charge in [0.15, 0.2) is 6.29 Å². The zero-order chi connectivity index (χ0) is 18.7. The Kier molecular flexibility index (Phi) is 6.26. The van der Waals surface area contributed by atoms with Crippen LogP contribution in [-0.2, 0) is 4.74 Å². The zero-order valence-corrected chi connectivity index (χ0v) is 17.0. The fourth-order valence-electron chi connectivity index (χ4n) is 4.69. The van der Waals surface area contributed by atoms with Gasteiger partial charge in [0.05, 0.1) is 6.10 Å². The van der Waals surface area contributed by atoms with Crippen molar-refractivity contribution in [1.29, 1.82) is 0 Å². The molecule has 2 fully saturated rings. The lowest BCUT2D eigenvalue weighted by molar-refractivity contribution is -0.138. The van der Waals surface area contributed by atoms with Crippen LogP contribution in [0.1, 0.15) is 50.7 Å². The van der Waals surface area contributed by atoms with Crippen LogP contribution in [0, 0.1) is 19.3 Å². The number of aliphatic hydroxyl groups is 1. The second-order valence-corrected chi connectivity index (χ2v) is 8.29. The molecule has 4 nitrogen and oxygen atoms in total. The minimum atomic E-state index is -0.580. The fourth-order valence-corrected chi connectivity index (χ4v) is 4.69. The lowest BCUT2D eigenvalue weighted by Crippen LogP contribution is -2.47. The van der Waals surface area contributed by atoms with Gasteiger partial charge in [0.25, 0.3) is 0 Å². The lowest BCUT2D eigenvalue weighted by Gasteiger charge is -2.37. The Labute approximate surface area is 159 Å². The molecular formula is C22H36N2O2. The number of piperazine rings is 1. The number of aliphatic hydroxyl groups excluding tert-OH is 1. The number of ether oxygens (including phenoxy) is 1. The van der Waals surface area contributed by atoms with Crippen LogP contribution >= 0.6 is 0 Å². The van der Waals surface area contributed by atoms with Crippen LogP contribution < -0.4 is 4.90 Å². The molecule has 1 aromatic carbocycles. The first-order valence-electron chi connectivity index (χ1n) is 10.4. The molecule has 0 spiro atoms. The van der Waals surface area contributed by atoms with E-state index in [1.807, 2.05) is 0 Å². The summed E-state index contributed by atoms with van der Waals surface area (Å²) in [7, 11) is 0. The average molecular weight is 361 g/mol. The molecule has 2 heterocycles. The highest BCUT2D eigenvalue weighted by atomic mass is 16.6. The van der Waals surface area contributed by atoms with Gasteiger partial charge in [-0.15, -0.1) is 0 Å². The molecule has 2 unspecified atom stereocenters. The third-order valence-electron chi connectivity index (χ3n) is 6.72. The van der Waals surface area contributed by atoms with Crippen LogP contribution in [-0.4, -0.2) is 55.1 Å². The van der Waals surface area contributed by atoms with Gasteiger partial charge in [-0.25, -0.2) is 0 Å². The standard InChI is InChI=1S/C22H36N2O2/c1-5-22(6-2)16-19(26-21(22)25)9-10-23-11-13-24(14-12-23)20-8-7-17(3)15-18(20)4/h7-8,15,19,21,25H,5-6,9-14,16H2,1-4H3. The molecule has 2 aliphatic heterocycles. The number of anilines is 1. The van der Waals surface area contributed by atoms with Gasteiger partial charge >= 0.3 is 0 Å². The lowest BCUT2D eigenvalue weighted by atomic mass is 9.78. The summed E-state index contributed by atoms with van der Waals surface area (Å²) >= 11 is 0. The van der Waals surface area contributed by atoms with Gasteiger partial charge in [-0.2, -0.15) is 0 Å². The predicted octanol–water partition coefficient (Wildman–Crippen LogP) is 3.73. The summed E-state index contributed by atoms with van der Waals surface area (Å²) in [5.74, 6) is 0. The number of aryl methyl sites for hydroxylation is 2. The number of benzene rings is 1. The highest BCUT2D eigenvalue weighted by Crippen LogP contribution is 2.44. The smallest absolute Gasteiger partial charge is 0.160 e. The van der Waals surface area contributed by atoms with Crippen LogP contribution in [0.2, 0.25) is 0 Å². The fraction of sp³-hybridized carbons (Fsp3) is 0.727. The van der Waals surface area contributed by atoms with Crippen molar-refractivity contribution in [3.8, 4) is 0 Å². The summed E-state index contributed by atoms with van der Waals surface area (Å²) in [5.41, 5.74) is 4.07. The van der Waals surface area contributed by atoms with Crippen LogP contribution in [0.25, 0.3) is 0 Å². The van der Waals surface area contributed by atoms with E-state index < -0.39 is 6.29 Å². The van der Waals surface area contributed by atoms with E-state index in [0.29, 0.717) is 0 Å². The van der Waals surface area contributed by atoms with E-state index in [-0.39, 0.29) is 11.5 Å². The Hall–Kier alpha value is -1.10. The molecule has 146 valence electrons. The van der Waals surface area contributed by atoms with Crippen LogP contribution in [0.5, 0.6) is 0 Å². The van der Waals surface area contributed by atoms with Crippen molar-refractivity contribution in [1.82, 2.24) is 4.90 Å². The molecular weight excluding hydrogens is 324 g/mol. The molecule has 1 aromatic rings. The summed E-state index contributed by atoms with van der Waals surface area (Å²) in [4.78, 5) is 5.06. The SMILES string of the molecule is CCC1(CC)CC(CCN2CCN(c3ccc(C)cc3C)CC2)OC1O. The van der Waals surface area contributed by atoms with E-state index in [1.165, 1.54) is 16.8 Å². The first-order chi connectivity index (χ1) is 12.5. The maximum absolute atomic E-state index is 10.3. The van der Waals surface area contributed by atoms with Crippen LogP contribution in [0.4, 0.5) is 5.69 Å². The van der Waals surface area contributed by atoms with Gasteiger partial charge < -0.3 is 14.7 Å². The molecule has 4 heteroatoms. The normalized spacial score (nSPS) is 26.4. The number of nitrogens with zero attached hydrogens (tertiary/aromatic N) is 2. The Balaban J connectivity index is 1.46. The monoisotopic (exact) mass is 360 g/mol. The van der Waals surface area contributed by atoms with E-state index in [2.05, 4.69) is 55.7 Å². The quantitative estimate of drug-likeness (QED) is 0.838. The van der Waals surface area contributed by atoms with Gasteiger partial charge in [0.2, 0.25) is 0 Å². The highest BCUT2D eigenvalue weighted by Gasteiger charge is 2.45. The maximum Gasteiger partial charge on any atom is 0.160 e. The van der Waals surface area contributed by atoms with Crippen molar-refractivity contribution < 1.29 is 9.84 Å². The van der Waals surface area contributed by atoms with Crippen molar-refractivity contribution in [2.45, 2.75) is 65.8 Å². The van der Waals surface area contributed by atoms with Crippen LogP contribution in [0.3, 0.4) is 0 Å². The largest absolute Gasteiger partial charge is 0.369 e. The molecule has 0 saturated carbocycles. The van der Waals surface area contributed by atoms with Gasteiger partial charge in [-0.05, 0) is 51.2 Å². The van der Waals surface area contributed by atoms with E-state index in [1.54, 1.807) is 0 Å². The molecule has 0 bridgehead atoms. The van der Waals surface area contributed by atoms with Crippen molar-refractivity contribution in [3.05, 3.63) is 29.3 Å². The summed E-state index contributed by atoms with van der Waals surface area (Å²) in [6.45, 7) is 14.2. The van der Waals surface area contributed by atoms with E-state index in [4.69, 9.17) is 4.74 Å². The zero-order valence-electron chi connectivity index (χ0n) is 17.0. The van der Waals surface area contributed by atoms with Crippen LogP contribution in [0.15, 0.2) is 18.2 Å². The topological polar surface area (TPSA) is 35.9 Å². The first kappa shape index (κ1) is 19.7. The third-order valence-corrected chi connectivity index (χ3v) is 6.72. The van der Waals surface area contributed by atoms with Gasteiger partial charge in [-0.1, -0.05) is 31.5 Å². The molecule has 2 saturated heterocycles. The maximum atomic E-state index is 10.3. The summed E-state index contributed by atoms with van der Waals surface area (Å²) in [6, 6.07) is 6.76. The molecule has 2 aliphatic rings. The van der Waals surface area contributed by atoms with E-state index in [9.17, 15) is 5.11 Å². The molecule has 1 N–H and O–H groups in total. The molecule has 0 aliphatic carbocycles. The first-order valence-corrected chi connectivity index (χ1v) is 10.4. The minimum absolute atomic E-state index is 0.0215. The summed E-state index contributed by atoms with van der Waals surface area (Å²) in [5, 5.41) is 10.3. The van der Waals surface area contributed by atoms with Crippen molar-refractivity contribution in [3.63, 3.8) is 0 Å². The van der Waals surface area contributed by atoms with E-state index in [0.717, 1.165) is 58.4 Å². The average Bonchev–Trinajstić information content (AvgIpc) is 2.97. The van der Waals surface area contributed by atoms with Crippen molar-refractivity contribution in [2.24, 2.45) is 5.41 Å². The second-order valence-electron chi connectivity index (χ2n) is 8.29. The molecule has 3 rings (SSSR count). The summed E-state index contributed by atoms with van der Waals surface area (Å²) in [6.07, 6.45) is 3.66. The number of hydrogen-bond acceptors (Lipinski definition) is 4. The Morgan fingerprint density at radius 2 is 1.81 bits per heavy atom. The highest BCUT2D eigenvalue weighted by molar-refractivity contribution is 5.54. The molecule has 0 amide bonds. The van der Waals surface area contributed by atoms with Crippen molar-refractivity contribution >= 4 is 5.69 Å². The Morgan fingerprint density at radius 3 is 2.38 bits per heavy atom. The minimum Gasteiger partial charge on any atom is -0.369 e. The third kappa shape index (κ3) is 4.08. The molecule has 0 radical (unpaired) electrons. The molecule has 0 aromatic heterocycles. The number of rotatable bonds is 6. The number of hydrogen-bond donors (Lipinski definition) is 1. The Morgan fingerprint density at radius 1 is 1.12 bits per heavy atom. The second kappa shape index (κ2) is 8.28. The summed E-state index contributed by atoms with van der Waals surface area (Å²) < 4.78 is 5.89. The van der Waals surface area contributed by atoms with Gasteiger partial charge in [0.1, 0.15) is 0 Å². The predicted molar refractivity (Wildman–Crippen MR) is 108 cm³/mol. The van der Waals surface area contributed by atoms with Crippen molar-refractivity contribution in [2.75, 3.05) is 37.6 Å². The van der Waals surface area contributed by atoms with Gasteiger partial charge in [0, 0.05) is 43.8 Å².